The van der Waals surface area contributed by atoms with Crippen LogP contribution in [0.25, 0.3) is 0 Å². The molecule has 0 saturated carbocycles. The van der Waals surface area contributed by atoms with Crippen LogP contribution in [0.15, 0.2) is 48.5 Å². The quantitative estimate of drug-likeness (QED) is 0.231. The maximum Gasteiger partial charge on any atom is 0.412 e. The van der Waals surface area contributed by atoms with Crippen molar-refractivity contribution >= 4 is 12.2 Å². The molecule has 0 heterocycles. The van der Waals surface area contributed by atoms with E-state index in [2.05, 4.69) is 79.9 Å². The molecule has 0 aliphatic carbocycles. The Morgan fingerprint density at radius 3 is 1.12 bits per heavy atom. The molecule has 42 heavy (non-hydrogen) atoms. The molecule has 0 saturated heterocycles. The molecule has 0 spiro atoms. The van der Waals surface area contributed by atoms with Crippen LogP contribution >= 0.6 is 0 Å². The van der Waals surface area contributed by atoms with Gasteiger partial charge >= 0.3 is 12.2 Å². The van der Waals surface area contributed by atoms with Crippen molar-refractivity contribution < 1.29 is 19.1 Å². The Bertz CT molecular complexity index is 1030. The van der Waals surface area contributed by atoms with Gasteiger partial charge in [-0.3, -0.25) is 0 Å². The Morgan fingerprint density at radius 1 is 0.524 bits per heavy atom. The molecule has 2 aromatic rings. The van der Waals surface area contributed by atoms with Crippen LogP contribution in [0.1, 0.15) is 119 Å². The summed E-state index contributed by atoms with van der Waals surface area (Å²) >= 11 is 0. The summed E-state index contributed by atoms with van der Waals surface area (Å²) in [5, 5.41) is 5.63. The molecular weight excluding hydrogens is 524 g/mol. The van der Waals surface area contributed by atoms with Gasteiger partial charge in [0.05, 0.1) is 0 Å². The van der Waals surface area contributed by atoms with Gasteiger partial charge in [0.1, 0.15) is 11.5 Å². The number of rotatable bonds is 13. The first-order valence-corrected chi connectivity index (χ1v) is 15.5. The number of carbonyl (C=O) groups excluding carboxylic acids is 2. The molecule has 0 unspecified atom stereocenters. The molecule has 0 aromatic heterocycles. The Morgan fingerprint density at radius 2 is 0.833 bits per heavy atom. The number of hydrogen-bond donors (Lipinski definition) is 2. The van der Waals surface area contributed by atoms with Crippen LogP contribution in [0, 0.1) is 10.8 Å². The van der Waals surface area contributed by atoms with Gasteiger partial charge in [-0.2, -0.15) is 0 Å². The van der Waals surface area contributed by atoms with Gasteiger partial charge in [0.25, 0.3) is 0 Å². The van der Waals surface area contributed by atoms with Gasteiger partial charge < -0.3 is 20.1 Å². The molecule has 2 amide bonds. The first kappa shape index (κ1) is 35.2. The zero-order chi connectivity index (χ0) is 31.6. The van der Waals surface area contributed by atoms with E-state index in [1.165, 1.54) is 11.1 Å². The highest BCUT2D eigenvalue weighted by Crippen LogP contribution is 2.37. The molecule has 0 bridgehead atoms. The summed E-state index contributed by atoms with van der Waals surface area (Å²) in [7, 11) is 0. The summed E-state index contributed by atoms with van der Waals surface area (Å²) in [6.45, 7) is 23.6. The lowest BCUT2D eigenvalue weighted by molar-refractivity contribution is 0.198. The molecule has 0 fully saturated rings. The van der Waals surface area contributed by atoms with Crippen molar-refractivity contribution in [2.75, 3.05) is 13.1 Å². The zero-order valence-corrected chi connectivity index (χ0v) is 27.9. The first-order valence-electron chi connectivity index (χ1n) is 15.5. The minimum absolute atomic E-state index is 0.0462. The van der Waals surface area contributed by atoms with Gasteiger partial charge in [-0.15, -0.1) is 0 Å². The fraction of sp³-hybridized carbons (Fsp3) is 0.611. The van der Waals surface area contributed by atoms with E-state index in [9.17, 15) is 9.59 Å². The molecule has 0 aliphatic heterocycles. The highest BCUT2D eigenvalue weighted by molar-refractivity contribution is 5.70. The van der Waals surface area contributed by atoms with Crippen LogP contribution in [-0.4, -0.2) is 25.3 Å². The molecule has 6 nitrogen and oxygen atoms in total. The van der Waals surface area contributed by atoms with Gasteiger partial charge in [-0.1, -0.05) is 106 Å². The first-order chi connectivity index (χ1) is 19.4. The number of ether oxygens (including phenoxy) is 2. The van der Waals surface area contributed by atoms with Crippen molar-refractivity contribution in [3.8, 4) is 11.5 Å². The summed E-state index contributed by atoms with van der Waals surface area (Å²) in [4.78, 5) is 24.3. The maximum absolute atomic E-state index is 12.2. The Balaban J connectivity index is 1.59. The van der Waals surface area contributed by atoms with Crippen LogP contribution in [-0.2, 0) is 10.8 Å². The normalized spacial score (nSPS) is 12.5. The number of nitrogens with one attached hydrogen (secondary N) is 2. The fourth-order valence-electron chi connectivity index (χ4n) is 6.07. The second-order valence-corrected chi connectivity index (χ2v) is 15.3. The van der Waals surface area contributed by atoms with E-state index in [1.54, 1.807) is 0 Å². The number of unbranched alkanes of at least 4 members (excludes halogenated alkanes) is 3. The van der Waals surface area contributed by atoms with Gasteiger partial charge in [0.15, 0.2) is 0 Å². The fourth-order valence-corrected chi connectivity index (χ4v) is 6.07. The van der Waals surface area contributed by atoms with Crippen LogP contribution in [0.4, 0.5) is 9.59 Å². The Kier molecular flexibility index (Phi) is 12.5. The lowest BCUT2D eigenvalue weighted by atomic mass is 9.72. The van der Waals surface area contributed by atoms with E-state index in [0.29, 0.717) is 24.6 Å². The number of amides is 2. The summed E-state index contributed by atoms with van der Waals surface area (Å²) in [5.74, 6) is 1.09. The topological polar surface area (TPSA) is 76.7 Å². The third-order valence-electron chi connectivity index (χ3n) is 7.28. The molecule has 2 aromatic carbocycles. The second kappa shape index (κ2) is 14.9. The molecule has 2 N–H and O–H groups in total. The van der Waals surface area contributed by atoms with Crippen molar-refractivity contribution in [1.82, 2.24) is 10.6 Å². The van der Waals surface area contributed by atoms with Crippen molar-refractivity contribution in [3.63, 3.8) is 0 Å². The SMILES string of the molecule is CC(C)(C)CC(C)(C)c1ccc(OC(=O)NCCCCCCNC(=O)Oc2ccc(C(C)(C)CC(C)(C)C)cc2)cc1. The average Bonchev–Trinajstić information content (AvgIpc) is 2.83. The molecule has 0 atom stereocenters. The van der Waals surface area contributed by atoms with E-state index in [-0.39, 0.29) is 21.7 Å². The summed E-state index contributed by atoms with van der Waals surface area (Å²) in [5.41, 5.74) is 3.03. The Labute approximate surface area is 255 Å². The second-order valence-electron chi connectivity index (χ2n) is 15.3. The highest BCUT2D eigenvalue weighted by Gasteiger charge is 2.28. The molecule has 234 valence electrons. The predicted octanol–water partition coefficient (Wildman–Crippen LogP) is 9.55. The monoisotopic (exact) mass is 580 g/mol. The highest BCUT2D eigenvalue weighted by atomic mass is 16.6. The van der Waals surface area contributed by atoms with E-state index >= 15 is 0 Å². The van der Waals surface area contributed by atoms with Gasteiger partial charge in [0.2, 0.25) is 0 Å². The lowest BCUT2D eigenvalue weighted by Gasteiger charge is -2.33. The van der Waals surface area contributed by atoms with Crippen molar-refractivity contribution in [2.24, 2.45) is 10.8 Å². The third-order valence-corrected chi connectivity index (χ3v) is 7.28. The minimum Gasteiger partial charge on any atom is -0.410 e. The molecule has 0 radical (unpaired) electrons. The predicted molar refractivity (Wildman–Crippen MR) is 174 cm³/mol. The van der Waals surface area contributed by atoms with Crippen LogP contribution in [0.5, 0.6) is 11.5 Å². The summed E-state index contributed by atoms with van der Waals surface area (Å²) in [6.07, 6.45) is 4.83. The van der Waals surface area contributed by atoms with Crippen molar-refractivity contribution in [3.05, 3.63) is 59.7 Å². The van der Waals surface area contributed by atoms with Gasteiger partial charge in [-0.05, 0) is 82.7 Å². The average molecular weight is 581 g/mol. The number of hydrogen-bond acceptors (Lipinski definition) is 4. The van der Waals surface area contributed by atoms with Crippen LogP contribution < -0.4 is 20.1 Å². The van der Waals surface area contributed by atoms with E-state index in [0.717, 1.165) is 38.5 Å². The lowest BCUT2D eigenvalue weighted by Crippen LogP contribution is -2.28. The minimum atomic E-state index is -0.438. The number of carbonyl (C=O) groups is 2. The summed E-state index contributed by atoms with van der Waals surface area (Å²) in [6, 6.07) is 15.6. The van der Waals surface area contributed by atoms with E-state index in [1.807, 2.05) is 48.5 Å². The van der Waals surface area contributed by atoms with Crippen LogP contribution in [0.3, 0.4) is 0 Å². The number of benzene rings is 2. The van der Waals surface area contributed by atoms with Crippen molar-refractivity contribution in [1.29, 1.82) is 0 Å². The summed E-state index contributed by atoms with van der Waals surface area (Å²) < 4.78 is 10.9. The molecule has 0 aliphatic rings. The maximum atomic E-state index is 12.2. The van der Waals surface area contributed by atoms with E-state index < -0.39 is 12.2 Å². The molecular formula is C36H56N2O4. The van der Waals surface area contributed by atoms with Gasteiger partial charge in [0, 0.05) is 13.1 Å². The van der Waals surface area contributed by atoms with E-state index in [4.69, 9.17) is 9.47 Å². The molecule has 6 heteroatoms. The molecule has 2 rings (SSSR count). The van der Waals surface area contributed by atoms with Gasteiger partial charge in [-0.25, -0.2) is 9.59 Å². The standard InChI is InChI=1S/C36H56N2O4/c1-33(2,3)25-35(7,8)27-15-19-29(20-16-27)41-31(39)37-23-13-11-12-14-24-38-32(40)42-30-21-17-28(18-22-30)36(9,10)26-34(4,5)6/h15-22H,11-14,23-26H2,1-10H3,(H,37,39)(H,38,40). The zero-order valence-electron chi connectivity index (χ0n) is 27.9. The largest absolute Gasteiger partial charge is 0.412 e. The Hall–Kier alpha value is -3.02. The van der Waals surface area contributed by atoms with Crippen LogP contribution in [0.2, 0.25) is 0 Å². The smallest absolute Gasteiger partial charge is 0.410 e. The van der Waals surface area contributed by atoms with Crippen molar-refractivity contribution in [2.45, 2.75) is 119 Å². The third kappa shape index (κ3) is 13.3.